The van der Waals surface area contributed by atoms with Crippen LogP contribution in [-0.2, 0) is 0 Å². The zero-order valence-electron chi connectivity index (χ0n) is 14.3. The van der Waals surface area contributed by atoms with E-state index in [1.54, 1.807) is 0 Å². The molecule has 1 aromatic carbocycles. The number of nitrogens with one attached hydrogen (secondary N) is 3. The summed E-state index contributed by atoms with van der Waals surface area (Å²) in [7, 11) is 0. The highest BCUT2D eigenvalue weighted by Gasteiger charge is 2.51. The van der Waals surface area contributed by atoms with Crippen LogP contribution in [0.15, 0.2) is 35.6 Å². The van der Waals surface area contributed by atoms with Crippen LogP contribution in [-0.4, -0.2) is 21.8 Å². The molecule has 0 atom stereocenters. The highest BCUT2D eigenvalue weighted by molar-refractivity contribution is 7.80. The second-order valence-corrected chi connectivity index (χ2v) is 8.72. The summed E-state index contributed by atoms with van der Waals surface area (Å²) in [6.45, 7) is 0. The smallest absolute Gasteiger partial charge is 0.187 e. The number of thiocarbonyl (C=S) groups is 1. The van der Waals surface area contributed by atoms with Gasteiger partial charge < -0.3 is 10.3 Å². The zero-order valence-corrected chi connectivity index (χ0v) is 15.1. The number of hydrogen-bond donors (Lipinski definition) is 3. The van der Waals surface area contributed by atoms with Crippen molar-refractivity contribution in [3.05, 3.63) is 36.0 Å². The van der Waals surface area contributed by atoms with Crippen LogP contribution in [0.4, 0.5) is 0 Å². The molecule has 2 aromatic rings. The maximum atomic E-state index is 5.54. The highest BCUT2D eigenvalue weighted by Crippen LogP contribution is 2.55. The topological polar surface area (TPSA) is 52.2 Å². The van der Waals surface area contributed by atoms with Crippen molar-refractivity contribution in [1.29, 1.82) is 0 Å². The number of nitrogens with zero attached hydrogens (tertiary/aromatic N) is 1. The van der Waals surface area contributed by atoms with Gasteiger partial charge in [-0.1, -0.05) is 18.2 Å². The van der Waals surface area contributed by atoms with E-state index in [0.29, 0.717) is 5.11 Å². The molecule has 4 saturated carbocycles. The fourth-order valence-electron chi connectivity index (χ4n) is 5.89. The third-order valence-electron chi connectivity index (χ3n) is 6.41. The number of H-pyrrole nitrogens is 1. The van der Waals surface area contributed by atoms with Gasteiger partial charge in [0.05, 0.1) is 6.21 Å². The maximum Gasteiger partial charge on any atom is 0.187 e. The van der Waals surface area contributed by atoms with Gasteiger partial charge in [0.1, 0.15) is 0 Å². The first kappa shape index (κ1) is 15.4. The van der Waals surface area contributed by atoms with E-state index in [1.807, 2.05) is 24.5 Å². The third kappa shape index (κ3) is 2.84. The fraction of sp³-hybridized carbons (Fsp3) is 0.500. The van der Waals surface area contributed by atoms with Crippen molar-refractivity contribution in [3.8, 4) is 0 Å². The van der Waals surface area contributed by atoms with Gasteiger partial charge in [-0.15, -0.1) is 0 Å². The lowest BCUT2D eigenvalue weighted by molar-refractivity contribution is -0.0101. The largest absolute Gasteiger partial charge is 0.361 e. The van der Waals surface area contributed by atoms with Crippen molar-refractivity contribution in [2.75, 3.05) is 0 Å². The predicted molar refractivity (Wildman–Crippen MR) is 106 cm³/mol. The average Bonchev–Trinajstić information content (AvgIpc) is 2.96. The van der Waals surface area contributed by atoms with Crippen molar-refractivity contribution in [2.24, 2.45) is 22.9 Å². The van der Waals surface area contributed by atoms with Crippen LogP contribution >= 0.6 is 12.2 Å². The van der Waals surface area contributed by atoms with Gasteiger partial charge in [0.15, 0.2) is 5.11 Å². The molecule has 4 nitrogen and oxygen atoms in total. The first-order chi connectivity index (χ1) is 12.2. The van der Waals surface area contributed by atoms with E-state index in [0.717, 1.165) is 28.8 Å². The van der Waals surface area contributed by atoms with Crippen LogP contribution in [0.3, 0.4) is 0 Å². The van der Waals surface area contributed by atoms with Gasteiger partial charge in [-0.3, -0.25) is 5.43 Å². The fourth-order valence-corrected chi connectivity index (χ4v) is 6.16. The van der Waals surface area contributed by atoms with Crippen LogP contribution in [0.1, 0.15) is 44.1 Å². The Hall–Kier alpha value is -1.88. The Balaban J connectivity index is 1.24. The summed E-state index contributed by atoms with van der Waals surface area (Å²) in [6, 6.07) is 8.24. The molecule has 25 heavy (non-hydrogen) atoms. The van der Waals surface area contributed by atoms with Crippen molar-refractivity contribution in [3.63, 3.8) is 0 Å². The van der Waals surface area contributed by atoms with Gasteiger partial charge in [0.2, 0.25) is 0 Å². The Morgan fingerprint density at radius 3 is 2.52 bits per heavy atom. The molecule has 4 aliphatic carbocycles. The standard InChI is InChI=1S/C20H24N4S/c25-19(23-20-8-13-5-14(9-20)7-15(6-13)10-20)24-22-12-16-11-21-18-4-2-1-3-17(16)18/h1-4,11-15,21H,5-10H2,(H2,23,24,25)/b22-12+. The number of fused-ring (bicyclic) bond motifs is 1. The van der Waals surface area contributed by atoms with Crippen molar-refractivity contribution >= 4 is 34.4 Å². The summed E-state index contributed by atoms with van der Waals surface area (Å²) in [5.74, 6) is 2.74. The Morgan fingerprint density at radius 1 is 1.12 bits per heavy atom. The van der Waals surface area contributed by atoms with E-state index in [2.05, 4.69) is 33.0 Å². The summed E-state index contributed by atoms with van der Waals surface area (Å²) in [5, 5.41) is 9.84. The summed E-state index contributed by atoms with van der Waals surface area (Å²) in [4.78, 5) is 3.26. The zero-order chi connectivity index (χ0) is 16.9. The molecular weight excluding hydrogens is 328 g/mol. The van der Waals surface area contributed by atoms with E-state index in [4.69, 9.17) is 12.2 Å². The highest BCUT2D eigenvalue weighted by atomic mass is 32.1. The number of benzene rings is 1. The second-order valence-electron chi connectivity index (χ2n) is 8.31. The minimum atomic E-state index is 0.231. The van der Waals surface area contributed by atoms with Crippen molar-refractivity contribution < 1.29 is 0 Å². The Kier molecular flexibility index (Phi) is 3.59. The number of rotatable bonds is 3. The lowest BCUT2D eigenvalue weighted by Crippen LogP contribution is -2.61. The summed E-state index contributed by atoms with van der Waals surface area (Å²) in [5.41, 5.74) is 5.46. The number of hydrogen-bond acceptors (Lipinski definition) is 2. The quantitative estimate of drug-likeness (QED) is 0.446. The molecule has 0 amide bonds. The van der Waals surface area contributed by atoms with Crippen LogP contribution < -0.4 is 10.7 Å². The number of para-hydroxylation sites is 1. The van der Waals surface area contributed by atoms with E-state index in [9.17, 15) is 0 Å². The number of aromatic nitrogens is 1. The molecule has 5 heteroatoms. The second kappa shape index (κ2) is 5.84. The van der Waals surface area contributed by atoms with Gasteiger partial charge in [-0.2, -0.15) is 5.10 Å². The lowest BCUT2D eigenvalue weighted by atomic mass is 9.53. The van der Waals surface area contributed by atoms with Gasteiger partial charge in [-0.25, -0.2) is 0 Å². The van der Waals surface area contributed by atoms with Crippen LogP contribution in [0.2, 0.25) is 0 Å². The van der Waals surface area contributed by atoms with E-state index >= 15 is 0 Å². The maximum absolute atomic E-state index is 5.54. The van der Waals surface area contributed by atoms with Gasteiger partial charge in [-0.05, 0) is 74.6 Å². The lowest BCUT2D eigenvalue weighted by Gasteiger charge is -2.57. The van der Waals surface area contributed by atoms with Gasteiger partial charge >= 0.3 is 0 Å². The van der Waals surface area contributed by atoms with Crippen molar-refractivity contribution in [1.82, 2.24) is 15.7 Å². The first-order valence-electron chi connectivity index (χ1n) is 9.36. The molecule has 1 heterocycles. The number of hydrazone groups is 1. The summed E-state index contributed by atoms with van der Waals surface area (Å²) >= 11 is 5.54. The normalized spacial score (nSPS) is 33.2. The molecule has 4 bridgehead atoms. The Morgan fingerprint density at radius 2 is 1.80 bits per heavy atom. The minimum Gasteiger partial charge on any atom is -0.361 e. The molecule has 4 fully saturated rings. The van der Waals surface area contributed by atoms with Gasteiger partial charge in [0, 0.05) is 28.2 Å². The van der Waals surface area contributed by atoms with Crippen LogP contribution in [0, 0.1) is 17.8 Å². The molecule has 130 valence electrons. The molecule has 1 aromatic heterocycles. The van der Waals surface area contributed by atoms with Crippen LogP contribution in [0.25, 0.3) is 10.9 Å². The minimum absolute atomic E-state index is 0.231. The first-order valence-corrected chi connectivity index (χ1v) is 9.77. The number of aromatic amines is 1. The Labute approximate surface area is 153 Å². The van der Waals surface area contributed by atoms with Crippen LogP contribution in [0.5, 0.6) is 0 Å². The molecule has 0 unspecified atom stereocenters. The summed E-state index contributed by atoms with van der Waals surface area (Å²) < 4.78 is 0. The third-order valence-corrected chi connectivity index (χ3v) is 6.60. The predicted octanol–water partition coefficient (Wildman–Crippen LogP) is 3.93. The molecule has 0 spiro atoms. The average molecular weight is 353 g/mol. The van der Waals surface area contributed by atoms with E-state index in [-0.39, 0.29) is 5.54 Å². The monoisotopic (exact) mass is 352 g/mol. The molecular formula is C20H24N4S. The summed E-state index contributed by atoms with van der Waals surface area (Å²) in [6.07, 6.45) is 12.0. The Bertz CT molecular complexity index is 802. The van der Waals surface area contributed by atoms with E-state index in [1.165, 1.54) is 43.9 Å². The molecule has 0 radical (unpaired) electrons. The molecule has 0 saturated heterocycles. The van der Waals surface area contributed by atoms with Gasteiger partial charge in [0.25, 0.3) is 0 Å². The van der Waals surface area contributed by atoms with E-state index < -0.39 is 0 Å². The van der Waals surface area contributed by atoms with Crippen molar-refractivity contribution in [2.45, 2.75) is 44.1 Å². The molecule has 6 rings (SSSR count). The molecule has 0 aliphatic heterocycles. The SMILES string of the molecule is S=C(N/N=C/c1c[nH]c2ccccc12)NC12CC3CC(CC(C3)C1)C2. The molecule has 3 N–H and O–H groups in total. The molecule has 4 aliphatic rings.